The van der Waals surface area contributed by atoms with Crippen molar-refractivity contribution in [2.75, 3.05) is 23.0 Å². The number of amidine groups is 1. The second-order valence-corrected chi connectivity index (χ2v) is 11.0. The molecule has 0 saturated carbocycles. The fourth-order valence-corrected chi connectivity index (χ4v) is 7.55. The molecule has 0 N–H and O–H groups in total. The quantitative estimate of drug-likeness (QED) is 0.718. The van der Waals surface area contributed by atoms with Gasteiger partial charge < -0.3 is 9.64 Å². The monoisotopic (exact) mass is 430 g/mol. The van der Waals surface area contributed by atoms with Gasteiger partial charge in [-0.1, -0.05) is 35.5 Å². The summed E-state index contributed by atoms with van der Waals surface area (Å²) < 4.78 is 29.5. The first-order chi connectivity index (χ1) is 13.8. The Labute approximate surface area is 177 Å². The van der Waals surface area contributed by atoms with Gasteiger partial charge in [0, 0.05) is 10.9 Å². The average Bonchev–Trinajstić information content (AvgIpc) is 3.17. The van der Waals surface area contributed by atoms with Gasteiger partial charge in [-0.25, -0.2) is 8.42 Å². The molecule has 7 heteroatoms. The SMILES string of the molecule is CCOc1ccc(N(Cc2cc(C)ccc2C)C2=N[C@@H]3CS(=O)(=O)C[C@H]3S2)cc1. The van der Waals surface area contributed by atoms with E-state index in [0.29, 0.717) is 13.2 Å². The first-order valence-corrected chi connectivity index (χ1v) is 12.6. The number of aryl methyl sites for hydroxylation is 2. The zero-order valence-electron chi connectivity index (χ0n) is 17.0. The van der Waals surface area contributed by atoms with E-state index in [4.69, 9.17) is 9.73 Å². The van der Waals surface area contributed by atoms with Crippen LogP contribution in [0.1, 0.15) is 23.6 Å². The fraction of sp³-hybridized carbons (Fsp3) is 0.409. The predicted octanol–water partition coefficient (Wildman–Crippen LogP) is 3.98. The summed E-state index contributed by atoms with van der Waals surface area (Å²) in [6.07, 6.45) is 0. The van der Waals surface area contributed by atoms with Crippen molar-refractivity contribution < 1.29 is 13.2 Å². The van der Waals surface area contributed by atoms with Crippen LogP contribution in [0.3, 0.4) is 0 Å². The number of hydrogen-bond acceptors (Lipinski definition) is 6. The van der Waals surface area contributed by atoms with Crippen molar-refractivity contribution in [3.8, 4) is 5.75 Å². The van der Waals surface area contributed by atoms with Crippen LogP contribution in [0, 0.1) is 13.8 Å². The molecule has 0 radical (unpaired) electrons. The second kappa shape index (κ2) is 8.03. The van der Waals surface area contributed by atoms with E-state index in [1.165, 1.54) is 16.7 Å². The highest BCUT2D eigenvalue weighted by Gasteiger charge is 2.44. The Morgan fingerprint density at radius 1 is 1.14 bits per heavy atom. The molecule has 2 aliphatic heterocycles. The molecule has 0 spiro atoms. The minimum atomic E-state index is -2.97. The zero-order chi connectivity index (χ0) is 20.6. The normalized spacial score (nSPS) is 22.2. The number of sulfone groups is 1. The lowest BCUT2D eigenvalue weighted by Crippen LogP contribution is -2.28. The molecule has 0 unspecified atom stereocenters. The maximum Gasteiger partial charge on any atom is 0.164 e. The largest absolute Gasteiger partial charge is 0.494 e. The molecular weight excluding hydrogens is 404 g/mol. The molecule has 1 saturated heterocycles. The van der Waals surface area contributed by atoms with Gasteiger partial charge in [0.15, 0.2) is 15.0 Å². The summed E-state index contributed by atoms with van der Waals surface area (Å²) >= 11 is 1.60. The lowest BCUT2D eigenvalue weighted by molar-refractivity contribution is 0.340. The van der Waals surface area contributed by atoms with Gasteiger partial charge in [0.05, 0.1) is 30.7 Å². The van der Waals surface area contributed by atoms with E-state index in [9.17, 15) is 8.42 Å². The molecule has 154 valence electrons. The molecule has 2 aliphatic rings. The summed E-state index contributed by atoms with van der Waals surface area (Å²) in [5.74, 6) is 1.22. The Kier molecular flexibility index (Phi) is 5.62. The number of anilines is 1. The van der Waals surface area contributed by atoms with E-state index in [0.717, 1.165) is 16.6 Å². The van der Waals surface area contributed by atoms with Crippen molar-refractivity contribution in [2.45, 2.75) is 38.6 Å². The van der Waals surface area contributed by atoms with Crippen molar-refractivity contribution >= 4 is 32.5 Å². The fourth-order valence-electron chi connectivity index (χ4n) is 3.77. The van der Waals surface area contributed by atoms with Crippen LogP contribution < -0.4 is 9.64 Å². The van der Waals surface area contributed by atoms with Crippen LogP contribution in [0.2, 0.25) is 0 Å². The van der Waals surface area contributed by atoms with Gasteiger partial charge in [-0.15, -0.1) is 0 Å². The van der Waals surface area contributed by atoms with E-state index in [-0.39, 0.29) is 22.8 Å². The maximum atomic E-state index is 12.0. The van der Waals surface area contributed by atoms with E-state index < -0.39 is 9.84 Å². The number of aliphatic imine (C=N–C) groups is 1. The molecule has 2 aromatic carbocycles. The molecule has 1 fully saturated rings. The van der Waals surface area contributed by atoms with Gasteiger partial charge in [-0.05, 0) is 56.2 Å². The number of fused-ring (bicyclic) bond motifs is 1. The molecule has 4 rings (SSSR count). The van der Waals surface area contributed by atoms with Crippen LogP contribution in [0.15, 0.2) is 47.5 Å². The molecule has 5 nitrogen and oxygen atoms in total. The van der Waals surface area contributed by atoms with E-state index in [1.54, 1.807) is 11.8 Å². The molecule has 2 aromatic rings. The smallest absolute Gasteiger partial charge is 0.164 e. The molecule has 0 bridgehead atoms. The third-order valence-corrected chi connectivity index (χ3v) is 8.58. The molecular formula is C22H26N2O3S2. The third kappa shape index (κ3) is 4.46. The Balaban J connectivity index is 1.67. The van der Waals surface area contributed by atoms with Gasteiger partial charge in [0.2, 0.25) is 0 Å². The molecule has 29 heavy (non-hydrogen) atoms. The van der Waals surface area contributed by atoms with Crippen LogP contribution in [0.5, 0.6) is 5.75 Å². The Hall–Kier alpha value is -1.99. The third-order valence-electron chi connectivity index (χ3n) is 5.33. The maximum absolute atomic E-state index is 12.0. The highest BCUT2D eigenvalue weighted by molar-refractivity contribution is 8.15. The van der Waals surface area contributed by atoms with Crippen molar-refractivity contribution in [3.63, 3.8) is 0 Å². The first-order valence-electron chi connectivity index (χ1n) is 9.86. The van der Waals surface area contributed by atoms with Crippen LogP contribution in [0.25, 0.3) is 0 Å². The molecule has 0 aliphatic carbocycles. The number of benzene rings is 2. The van der Waals surface area contributed by atoms with Crippen LogP contribution in [-0.2, 0) is 16.4 Å². The van der Waals surface area contributed by atoms with Gasteiger partial charge in [0.25, 0.3) is 0 Å². The zero-order valence-corrected chi connectivity index (χ0v) is 18.6. The molecule has 2 atom stereocenters. The van der Waals surface area contributed by atoms with E-state index in [2.05, 4.69) is 36.9 Å². The summed E-state index contributed by atoms with van der Waals surface area (Å²) in [7, 11) is -2.97. The lowest BCUT2D eigenvalue weighted by atomic mass is 10.1. The number of nitrogens with zero attached hydrogens (tertiary/aromatic N) is 2. The Morgan fingerprint density at radius 2 is 1.90 bits per heavy atom. The standard InChI is InChI=1S/C22H26N2O3S2/c1-4-27-19-9-7-18(8-10-19)24(12-17-11-15(2)5-6-16(17)3)22-23-20-13-29(25,26)14-21(20)28-22/h5-11,20-21H,4,12-14H2,1-3H3/t20-,21-/m1/s1. The van der Waals surface area contributed by atoms with Crippen LogP contribution >= 0.6 is 11.8 Å². The van der Waals surface area contributed by atoms with Crippen LogP contribution in [0.4, 0.5) is 5.69 Å². The predicted molar refractivity (Wildman–Crippen MR) is 121 cm³/mol. The molecule has 0 aromatic heterocycles. The highest BCUT2D eigenvalue weighted by Crippen LogP contribution is 2.37. The first kappa shape index (κ1) is 20.3. The minimum Gasteiger partial charge on any atom is -0.494 e. The summed E-state index contributed by atoms with van der Waals surface area (Å²) in [5.41, 5.74) is 4.73. The number of ether oxygens (including phenoxy) is 1. The van der Waals surface area contributed by atoms with Crippen molar-refractivity contribution in [1.82, 2.24) is 0 Å². The van der Waals surface area contributed by atoms with E-state index in [1.807, 2.05) is 31.2 Å². The van der Waals surface area contributed by atoms with Gasteiger partial charge in [0.1, 0.15) is 5.75 Å². The topological polar surface area (TPSA) is 59.0 Å². The Morgan fingerprint density at radius 3 is 2.59 bits per heavy atom. The summed E-state index contributed by atoms with van der Waals surface area (Å²) in [4.78, 5) is 7.03. The van der Waals surface area contributed by atoms with Gasteiger partial charge in [-0.2, -0.15) is 0 Å². The second-order valence-electron chi connectivity index (χ2n) is 7.66. The minimum absolute atomic E-state index is 0.0267. The Bertz CT molecular complexity index is 1030. The van der Waals surface area contributed by atoms with Crippen LogP contribution in [-0.4, -0.2) is 43.0 Å². The summed E-state index contributed by atoms with van der Waals surface area (Å²) in [5, 5.41) is 0.929. The molecule has 0 amide bonds. The van der Waals surface area contributed by atoms with Gasteiger partial charge in [-0.3, -0.25) is 4.99 Å². The number of thioether (sulfide) groups is 1. The number of rotatable bonds is 5. The molecule has 2 heterocycles. The summed E-state index contributed by atoms with van der Waals surface area (Å²) in [6.45, 7) is 7.51. The average molecular weight is 431 g/mol. The summed E-state index contributed by atoms with van der Waals surface area (Å²) in [6, 6.07) is 14.4. The van der Waals surface area contributed by atoms with E-state index >= 15 is 0 Å². The van der Waals surface area contributed by atoms with Crippen molar-refractivity contribution in [2.24, 2.45) is 4.99 Å². The van der Waals surface area contributed by atoms with Crippen molar-refractivity contribution in [3.05, 3.63) is 59.2 Å². The highest BCUT2D eigenvalue weighted by atomic mass is 32.2. The lowest BCUT2D eigenvalue weighted by Gasteiger charge is -2.26. The number of hydrogen-bond donors (Lipinski definition) is 0. The van der Waals surface area contributed by atoms with Crippen molar-refractivity contribution in [1.29, 1.82) is 0 Å². The van der Waals surface area contributed by atoms with Gasteiger partial charge >= 0.3 is 0 Å².